The number of nitrogens with zero attached hydrogens (tertiary/aromatic N) is 4. The number of hydrogen-bond acceptors (Lipinski definition) is 4. The van der Waals surface area contributed by atoms with Crippen molar-refractivity contribution in [1.82, 2.24) is 0 Å². The van der Waals surface area contributed by atoms with Crippen molar-refractivity contribution in [3.63, 3.8) is 0 Å². The zero-order valence-electron chi connectivity index (χ0n) is 8.93. The van der Waals surface area contributed by atoms with E-state index in [2.05, 4.69) is 20.4 Å². The predicted molar refractivity (Wildman–Crippen MR) is 65.0 cm³/mol. The van der Waals surface area contributed by atoms with E-state index in [1.54, 1.807) is 0 Å². The van der Waals surface area contributed by atoms with E-state index in [1.165, 1.54) is 0 Å². The largest absolute Gasteiger partial charge is 0.369 e. The summed E-state index contributed by atoms with van der Waals surface area (Å²) in [5.41, 5.74) is 22.2. The second-order valence-electron chi connectivity index (χ2n) is 3.35. The fraction of sp³-hybridized carbons (Fsp3) is 0.500. The van der Waals surface area contributed by atoms with Crippen molar-refractivity contribution in [2.45, 2.75) is 25.7 Å². The fourth-order valence-electron chi connectivity index (χ4n) is 1.33. The van der Waals surface area contributed by atoms with E-state index < -0.39 is 0 Å². The summed E-state index contributed by atoms with van der Waals surface area (Å²) in [4.78, 5) is 0. The summed E-state index contributed by atoms with van der Waals surface area (Å²) in [5.74, 6) is -0.168. The van der Waals surface area contributed by atoms with Crippen LogP contribution in [0.5, 0.6) is 0 Å². The van der Waals surface area contributed by atoms with Crippen LogP contribution in [-0.4, -0.2) is 23.3 Å². The summed E-state index contributed by atoms with van der Waals surface area (Å²) in [6, 6.07) is 0. The van der Waals surface area contributed by atoms with Crippen LogP contribution in [0.25, 0.3) is 0 Å². The van der Waals surface area contributed by atoms with Crippen molar-refractivity contribution in [1.29, 1.82) is 0 Å². The van der Waals surface area contributed by atoms with Crippen LogP contribution in [0.3, 0.4) is 0 Å². The van der Waals surface area contributed by atoms with E-state index in [0.29, 0.717) is 0 Å². The average Bonchev–Trinajstić information content (AvgIpc) is 2.24. The van der Waals surface area contributed by atoms with E-state index in [9.17, 15) is 0 Å². The molecule has 0 spiro atoms. The molecule has 1 aliphatic carbocycles. The molecule has 1 aliphatic rings. The molecule has 0 aliphatic heterocycles. The number of nitrogens with two attached hydrogens (primary N) is 4. The van der Waals surface area contributed by atoms with Crippen LogP contribution in [0.4, 0.5) is 0 Å². The van der Waals surface area contributed by atoms with Crippen molar-refractivity contribution >= 4 is 23.3 Å². The van der Waals surface area contributed by atoms with Gasteiger partial charge in [0, 0.05) is 0 Å². The Kier molecular flexibility index (Phi) is 4.25. The molecule has 16 heavy (non-hydrogen) atoms. The summed E-state index contributed by atoms with van der Waals surface area (Å²) < 4.78 is 0. The molecular formula is C8H16N8. The topological polar surface area (TPSA) is 154 Å². The minimum atomic E-state index is -0.0840. The molecule has 8 heteroatoms. The van der Waals surface area contributed by atoms with Gasteiger partial charge in [0.2, 0.25) is 11.9 Å². The van der Waals surface area contributed by atoms with Gasteiger partial charge in [0.05, 0.1) is 11.4 Å². The molecule has 0 radical (unpaired) electrons. The smallest absolute Gasteiger partial charge is 0.211 e. The molecule has 0 aromatic rings. The van der Waals surface area contributed by atoms with E-state index >= 15 is 0 Å². The molecule has 8 nitrogen and oxygen atoms in total. The Morgan fingerprint density at radius 3 is 1.44 bits per heavy atom. The van der Waals surface area contributed by atoms with Crippen LogP contribution in [0, 0.1) is 0 Å². The molecule has 0 amide bonds. The Morgan fingerprint density at radius 2 is 1.12 bits per heavy atom. The molecule has 0 atom stereocenters. The van der Waals surface area contributed by atoms with E-state index in [-0.39, 0.29) is 11.9 Å². The third kappa shape index (κ3) is 3.95. The second-order valence-corrected chi connectivity index (χ2v) is 3.35. The monoisotopic (exact) mass is 224 g/mol. The normalized spacial score (nSPS) is 20.8. The van der Waals surface area contributed by atoms with Crippen LogP contribution in [-0.2, 0) is 0 Å². The molecular weight excluding hydrogens is 208 g/mol. The number of hydrogen-bond donors (Lipinski definition) is 4. The molecule has 0 bridgehead atoms. The van der Waals surface area contributed by atoms with E-state index in [0.717, 1.165) is 37.1 Å². The standard InChI is InChI=1S/C8H16N8/c9-7(10)15-13-5-3-1-2-4-6(5)14-16-8(11)12/h1-4H2,(H4,9,10,15)(H4,11,12,16). The molecule has 88 valence electrons. The summed E-state index contributed by atoms with van der Waals surface area (Å²) in [6.07, 6.45) is 3.60. The van der Waals surface area contributed by atoms with Crippen LogP contribution in [0.15, 0.2) is 20.4 Å². The van der Waals surface area contributed by atoms with E-state index in [4.69, 9.17) is 22.9 Å². The minimum Gasteiger partial charge on any atom is -0.369 e. The molecule has 1 rings (SSSR count). The van der Waals surface area contributed by atoms with Gasteiger partial charge in [-0.05, 0) is 25.7 Å². The van der Waals surface area contributed by atoms with Crippen molar-refractivity contribution in [2.75, 3.05) is 0 Å². The summed E-state index contributed by atoms with van der Waals surface area (Å²) >= 11 is 0. The third-order valence-corrected chi connectivity index (χ3v) is 1.98. The lowest BCUT2D eigenvalue weighted by Gasteiger charge is -2.12. The average molecular weight is 224 g/mol. The number of guanidine groups is 2. The van der Waals surface area contributed by atoms with Crippen LogP contribution in [0.1, 0.15) is 25.7 Å². The van der Waals surface area contributed by atoms with Gasteiger partial charge in [0.25, 0.3) is 0 Å². The maximum Gasteiger partial charge on any atom is 0.211 e. The SMILES string of the molecule is NC(N)=NN=C1CCCCC1=NN=C(N)N. The van der Waals surface area contributed by atoms with Gasteiger partial charge < -0.3 is 22.9 Å². The highest BCUT2D eigenvalue weighted by Crippen LogP contribution is 2.13. The molecule has 0 unspecified atom stereocenters. The first-order valence-electron chi connectivity index (χ1n) is 4.91. The molecule has 1 fully saturated rings. The quantitative estimate of drug-likeness (QED) is 0.265. The van der Waals surface area contributed by atoms with Crippen molar-refractivity contribution in [3.05, 3.63) is 0 Å². The Hall–Kier alpha value is -2.12. The third-order valence-electron chi connectivity index (χ3n) is 1.98. The lowest BCUT2D eigenvalue weighted by Crippen LogP contribution is -2.24. The molecule has 0 aromatic carbocycles. The fourth-order valence-corrected chi connectivity index (χ4v) is 1.33. The molecule has 0 heterocycles. The van der Waals surface area contributed by atoms with Crippen LogP contribution >= 0.6 is 0 Å². The summed E-state index contributed by atoms with van der Waals surface area (Å²) in [6.45, 7) is 0. The summed E-state index contributed by atoms with van der Waals surface area (Å²) in [5, 5.41) is 15.0. The maximum atomic E-state index is 5.19. The van der Waals surface area contributed by atoms with Gasteiger partial charge >= 0.3 is 0 Å². The van der Waals surface area contributed by atoms with Gasteiger partial charge in [-0.15, -0.1) is 10.2 Å². The van der Waals surface area contributed by atoms with Gasteiger partial charge in [0.15, 0.2) is 0 Å². The number of rotatable bonds is 2. The first-order chi connectivity index (χ1) is 7.59. The van der Waals surface area contributed by atoms with Crippen LogP contribution in [0.2, 0.25) is 0 Å². The van der Waals surface area contributed by atoms with Crippen LogP contribution < -0.4 is 22.9 Å². The second kappa shape index (κ2) is 5.69. The minimum absolute atomic E-state index is 0.0840. The highest BCUT2D eigenvalue weighted by molar-refractivity contribution is 6.42. The predicted octanol–water partition coefficient (Wildman–Crippen LogP) is -1.18. The lowest BCUT2D eigenvalue weighted by molar-refractivity contribution is 0.772. The molecule has 0 aromatic heterocycles. The van der Waals surface area contributed by atoms with Gasteiger partial charge in [-0.2, -0.15) is 10.2 Å². The molecule has 0 saturated heterocycles. The van der Waals surface area contributed by atoms with Crippen molar-refractivity contribution in [2.24, 2.45) is 43.3 Å². The van der Waals surface area contributed by atoms with Gasteiger partial charge in [-0.1, -0.05) is 0 Å². The Bertz CT molecular complexity index is 320. The lowest BCUT2D eigenvalue weighted by atomic mass is 9.96. The zero-order chi connectivity index (χ0) is 12.0. The Morgan fingerprint density at radius 1 is 0.750 bits per heavy atom. The first kappa shape index (κ1) is 12.0. The Balaban J connectivity index is 2.87. The van der Waals surface area contributed by atoms with Crippen molar-refractivity contribution in [3.8, 4) is 0 Å². The highest BCUT2D eigenvalue weighted by Gasteiger charge is 2.15. The molecule has 1 saturated carbocycles. The zero-order valence-corrected chi connectivity index (χ0v) is 8.93. The summed E-state index contributed by atoms with van der Waals surface area (Å²) in [7, 11) is 0. The Labute approximate surface area is 93.2 Å². The van der Waals surface area contributed by atoms with Gasteiger partial charge in [0.1, 0.15) is 0 Å². The maximum absolute atomic E-state index is 5.19. The van der Waals surface area contributed by atoms with Crippen molar-refractivity contribution < 1.29 is 0 Å². The van der Waals surface area contributed by atoms with Gasteiger partial charge in [-0.25, -0.2) is 0 Å². The van der Waals surface area contributed by atoms with Gasteiger partial charge in [-0.3, -0.25) is 0 Å². The first-order valence-corrected chi connectivity index (χ1v) is 4.91. The van der Waals surface area contributed by atoms with E-state index in [1.807, 2.05) is 0 Å². The highest BCUT2D eigenvalue weighted by atomic mass is 15.3. The molecule has 8 N–H and O–H groups in total.